The first kappa shape index (κ1) is 21.5. The molecule has 5 nitrogen and oxygen atoms in total. The van der Waals surface area contributed by atoms with Crippen molar-refractivity contribution in [2.24, 2.45) is 17.3 Å². The van der Waals surface area contributed by atoms with Crippen LogP contribution in [0.1, 0.15) is 45.6 Å². The molecule has 4 rings (SSSR count). The third-order valence-electron chi connectivity index (χ3n) is 7.12. The fraction of sp³-hybridized carbons (Fsp3) is 0.739. The summed E-state index contributed by atoms with van der Waals surface area (Å²) in [5, 5.41) is 0. The minimum Gasteiger partial charge on any atom is -0.355 e. The van der Waals surface area contributed by atoms with Crippen molar-refractivity contribution < 1.29 is 13.6 Å². The van der Waals surface area contributed by atoms with Gasteiger partial charge in [-0.25, -0.2) is 13.8 Å². The monoisotopic (exact) mass is 420 g/mol. The summed E-state index contributed by atoms with van der Waals surface area (Å²) in [7, 11) is 0. The lowest BCUT2D eigenvalue weighted by molar-refractivity contribution is -0.153. The largest absolute Gasteiger partial charge is 0.355 e. The molecule has 3 aliphatic heterocycles. The summed E-state index contributed by atoms with van der Waals surface area (Å²) in [6, 6.07) is 4.21. The van der Waals surface area contributed by atoms with Gasteiger partial charge in [0.15, 0.2) is 0 Å². The number of amides is 1. The van der Waals surface area contributed by atoms with Gasteiger partial charge >= 0.3 is 0 Å². The summed E-state index contributed by atoms with van der Waals surface area (Å²) < 4.78 is 28.8. The van der Waals surface area contributed by atoms with Gasteiger partial charge in [0, 0.05) is 43.7 Å². The maximum Gasteiger partial charge on any atom is 0.263 e. The highest BCUT2D eigenvalue weighted by atomic mass is 19.3. The molecular formula is C23H34F2N4O. The van der Waals surface area contributed by atoms with Gasteiger partial charge in [-0.3, -0.25) is 9.69 Å². The van der Waals surface area contributed by atoms with Gasteiger partial charge in [0.1, 0.15) is 5.82 Å². The van der Waals surface area contributed by atoms with Crippen LogP contribution in [0, 0.1) is 17.3 Å². The Bertz CT molecular complexity index is 766. The zero-order valence-electron chi connectivity index (χ0n) is 18.6. The predicted molar refractivity (Wildman–Crippen MR) is 114 cm³/mol. The molecule has 1 unspecified atom stereocenters. The van der Waals surface area contributed by atoms with Crippen LogP contribution in [-0.4, -0.2) is 72.4 Å². The van der Waals surface area contributed by atoms with E-state index in [9.17, 15) is 13.6 Å². The number of hydrogen-bond donors (Lipinski definition) is 0. The molecule has 1 aromatic heterocycles. The molecule has 0 aliphatic carbocycles. The first-order chi connectivity index (χ1) is 14.1. The first-order valence-electron chi connectivity index (χ1n) is 11.2. The Morgan fingerprint density at radius 2 is 1.83 bits per heavy atom. The van der Waals surface area contributed by atoms with E-state index in [1.54, 1.807) is 4.90 Å². The predicted octanol–water partition coefficient (Wildman–Crippen LogP) is 3.47. The highest BCUT2D eigenvalue weighted by Crippen LogP contribution is 2.42. The van der Waals surface area contributed by atoms with Crippen molar-refractivity contribution in [1.29, 1.82) is 0 Å². The van der Waals surface area contributed by atoms with E-state index in [0.29, 0.717) is 18.9 Å². The van der Waals surface area contributed by atoms with Gasteiger partial charge in [0.2, 0.25) is 5.91 Å². The summed E-state index contributed by atoms with van der Waals surface area (Å²) in [4.78, 5) is 22.9. The molecule has 1 aromatic rings. The molecule has 1 atom stereocenters. The number of piperidine rings is 1. The first-order valence-corrected chi connectivity index (χ1v) is 11.2. The van der Waals surface area contributed by atoms with Gasteiger partial charge in [-0.1, -0.05) is 33.8 Å². The van der Waals surface area contributed by atoms with Crippen LogP contribution in [-0.2, 0) is 4.79 Å². The molecule has 0 bridgehead atoms. The molecule has 0 radical (unpaired) electrons. The van der Waals surface area contributed by atoms with Gasteiger partial charge < -0.3 is 9.80 Å². The molecular weight excluding hydrogens is 386 g/mol. The number of rotatable bonds is 5. The Kier molecular flexibility index (Phi) is 5.54. The number of carbonyl (C=O) groups excluding carboxylic acids is 1. The molecule has 166 valence electrons. The molecule has 30 heavy (non-hydrogen) atoms. The molecule has 0 aromatic carbocycles. The second-order valence-electron chi connectivity index (χ2n) is 10.3. The third-order valence-corrected chi connectivity index (χ3v) is 7.12. The quantitative estimate of drug-likeness (QED) is 0.731. The minimum atomic E-state index is -2.71. The Balaban J connectivity index is 1.23. The Morgan fingerprint density at radius 1 is 1.13 bits per heavy atom. The molecule has 3 aliphatic rings. The summed E-state index contributed by atoms with van der Waals surface area (Å²) in [5.41, 5.74) is 1.39. The number of likely N-dealkylation sites (tertiary alicyclic amines) is 2. The Morgan fingerprint density at radius 3 is 2.37 bits per heavy atom. The number of aromatic nitrogens is 1. The van der Waals surface area contributed by atoms with Crippen molar-refractivity contribution in [3.8, 4) is 0 Å². The lowest BCUT2D eigenvalue weighted by Gasteiger charge is -2.60. The fourth-order valence-electron chi connectivity index (χ4n) is 5.27. The number of carbonyl (C=O) groups is 1. The summed E-state index contributed by atoms with van der Waals surface area (Å²) in [5.74, 6) is -1.89. The fourth-order valence-corrected chi connectivity index (χ4v) is 5.27. The van der Waals surface area contributed by atoms with E-state index in [2.05, 4.69) is 35.9 Å². The van der Waals surface area contributed by atoms with Crippen molar-refractivity contribution in [1.82, 2.24) is 14.8 Å². The summed E-state index contributed by atoms with van der Waals surface area (Å²) in [6.07, 6.45) is 2.40. The van der Waals surface area contributed by atoms with Gasteiger partial charge in [-0.15, -0.1) is 0 Å². The molecule has 4 heterocycles. The van der Waals surface area contributed by atoms with Gasteiger partial charge in [-0.05, 0) is 36.4 Å². The standard InChI is InChI=1S/C23H34F2N4O/c1-16(2)18-5-6-20(26-9-18)28-11-22(12-28)13-29(14-22)21(30)10-27-8-7-19(17(3)4)23(24,25)15-27/h5-6,9,16-17,19H,7-8,10-15H2,1-4H3. The number of halogens is 2. The highest BCUT2D eigenvalue weighted by Gasteiger charge is 2.54. The number of anilines is 1. The van der Waals surface area contributed by atoms with Crippen LogP contribution >= 0.6 is 0 Å². The molecule has 0 N–H and O–H groups in total. The van der Waals surface area contributed by atoms with E-state index in [-0.39, 0.29) is 30.3 Å². The van der Waals surface area contributed by atoms with Crippen LogP contribution in [0.5, 0.6) is 0 Å². The number of pyridine rings is 1. The van der Waals surface area contributed by atoms with E-state index < -0.39 is 11.8 Å². The van der Waals surface area contributed by atoms with Crippen LogP contribution < -0.4 is 4.90 Å². The average molecular weight is 421 g/mol. The summed E-state index contributed by atoms with van der Waals surface area (Å²) in [6.45, 7) is 11.7. The maximum atomic E-state index is 14.4. The minimum absolute atomic E-state index is 0.0164. The third kappa shape index (κ3) is 4.05. The van der Waals surface area contributed by atoms with Crippen LogP contribution in [0.3, 0.4) is 0 Å². The van der Waals surface area contributed by atoms with Crippen molar-refractivity contribution in [2.75, 3.05) is 50.7 Å². The Hall–Kier alpha value is -1.76. The molecule has 3 fully saturated rings. The highest BCUT2D eigenvalue weighted by molar-refractivity contribution is 5.79. The van der Waals surface area contributed by atoms with Crippen LogP contribution in [0.4, 0.5) is 14.6 Å². The SMILES string of the molecule is CC(C)c1ccc(N2CC3(CN(C(=O)CN4CCC(C(C)C)C(F)(F)C4)C3)C2)nc1. The lowest BCUT2D eigenvalue weighted by Crippen LogP contribution is -2.73. The number of nitrogens with zero attached hydrogens (tertiary/aromatic N) is 4. The van der Waals surface area contributed by atoms with Crippen LogP contribution in [0.25, 0.3) is 0 Å². The van der Waals surface area contributed by atoms with E-state index in [1.807, 2.05) is 24.9 Å². The van der Waals surface area contributed by atoms with E-state index >= 15 is 0 Å². The van der Waals surface area contributed by atoms with Crippen LogP contribution in [0.15, 0.2) is 18.3 Å². The molecule has 1 amide bonds. The van der Waals surface area contributed by atoms with Gasteiger partial charge in [0.25, 0.3) is 5.92 Å². The Labute approximate surface area is 178 Å². The molecule has 3 saturated heterocycles. The van der Waals surface area contributed by atoms with E-state index in [0.717, 1.165) is 32.0 Å². The van der Waals surface area contributed by atoms with Crippen molar-refractivity contribution in [3.63, 3.8) is 0 Å². The normalized spacial score (nSPS) is 25.5. The molecule has 0 saturated carbocycles. The molecule has 7 heteroatoms. The lowest BCUT2D eigenvalue weighted by atomic mass is 9.72. The molecule has 1 spiro atoms. The summed E-state index contributed by atoms with van der Waals surface area (Å²) >= 11 is 0. The van der Waals surface area contributed by atoms with Crippen LogP contribution in [0.2, 0.25) is 0 Å². The zero-order chi connectivity index (χ0) is 21.7. The average Bonchev–Trinajstić information content (AvgIpc) is 2.58. The second kappa shape index (κ2) is 7.74. The maximum absolute atomic E-state index is 14.4. The van der Waals surface area contributed by atoms with Crippen molar-refractivity contribution in [2.45, 2.75) is 46.0 Å². The zero-order valence-corrected chi connectivity index (χ0v) is 18.6. The topological polar surface area (TPSA) is 39.7 Å². The van der Waals surface area contributed by atoms with Crippen molar-refractivity contribution in [3.05, 3.63) is 23.9 Å². The smallest absolute Gasteiger partial charge is 0.263 e. The second-order valence-corrected chi connectivity index (χ2v) is 10.3. The number of alkyl halides is 2. The van der Waals surface area contributed by atoms with Gasteiger partial charge in [0.05, 0.1) is 13.1 Å². The van der Waals surface area contributed by atoms with Gasteiger partial charge in [-0.2, -0.15) is 0 Å². The van der Waals surface area contributed by atoms with E-state index in [4.69, 9.17) is 0 Å². The van der Waals surface area contributed by atoms with Crippen molar-refractivity contribution >= 4 is 11.7 Å². The van der Waals surface area contributed by atoms with E-state index in [1.165, 1.54) is 5.56 Å². The number of hydrogen-bond acceptors (Lipinski definition) is 4.